The summed E-state index contributed by atoms with van der Waals surface area (Å²) >= 11 is 0. The molecule has 1 saturated carbocycles. The summed E-state index contributed by atoms with van der Waals surface area (Å²) in [5.41, 5.74) is 0.403. The molecule has 2 aliphatic rings. The highest BCUT2D eigenvalue weighted by molar-refractivity contribution is 4.97. The third kappa shape index (κ3) is 0.864. The quantitative estimate of drug-likeness (QED) is 0.500. The molecule has 2 nitrogen and oxygen atoms in total. The Balaban J connectivity index is 2.04. The van der Waals surface area contributed by atoms with Crippen molar-refractivity contribution in [3.05, 3.63) is 0 Å². The molecule has 51 valence electrons. The van der Waals surface area contributed by atoms with Gasteiger partial charge in [-0.2, -0.15) is 0 Å². The summed E-state index contributed by atoms with van der Waals surface area (Å²) in [7, 11) is 0. The van der Waals surface area contributed by atoms with Gasteiger partial charge in [0.2, 0.25) is 0 Å². The van der Waals surface area contributed by atoms with Gasteiger partial charge in [-0.15, -0.1) is 0 Å². The molecule has 2 rings (SSSR count). The van der Waals surface area contributed by atoms with Gasteiger partial charge in [0.25, 0.3) is 0 Å². The van der Waals surface area contributed by atoms with Crippen LogP contribution in [0.1, 0.15) is 25.7 Å². The molecule has 1 heterocycles. The van der Waals surface area contributed by atoms with Crippen molar-refractivity contribution in [1.29, 1.82) is 0 Å². The van der Waals surface area contributed by atoms with Gasteiger partial charge in [-0.1, -0.05) is 12.8 Å². The molecule has 1 radical (unpaired) electrons. The third-order valence-corrected chi connectivity index (χ3v) is 2.51. The molecule has 0 bridgehead atoms. The molecule has 9 heavy (non-hydrogen) atoms. The largest absolute Gasteiger partial charge is 0.301 e. The van der Waals surface area contributed by atoms with Gasteiger partial charge in [-0.25, -0.2) is 5.32 Å². The summed E-state index contributed by atoms with van der Waals surface area (Å²) in [5, 5.41) is 7.84. The van der Waals surface area contributed by atoms with E-state index in [0.29, 0.717) is 5.54 Å². The second kappa shape index (κ2) is 1.96. The topological polar surface area (TPSA) is 26.1 Å². The minimum atomic E-state index is 0.403. The number of hydrogen-bond donors (Lipinski definition) is 1. The molecule has 0 aromatic carbocycles. The second-order valence-electron chi connectivity index (χ2n) is 3.17. The molecule has 1 aliphatic heterocycles. The lowest BCUT2D eigenvalue weighted by Gasteiger charge is -2.18. The van der Waals surface area contributed by atoms with Gasteiger partial charge in [0.15, 0.2) is 0 Å². The van der Waals surface area contributed by atoms with Gasteiger partial charge >= 0.3 is 0 Å². The Labute approximate surface area is 56.0 Å². The van der Waals surface area contributed by atoms with Crippen molar-refractivity contribution < 1.29 is 0 Å². The fraction of sp³-hybridized carbons (Fsp3) is 1.00. The van der Waals surface area contributed by atoms with Crippen LogP contribution in [0.15, 0.2) is 0 Å². The van der Waals surface area contributed by atoms with Crippen molar-refractivity contribution in [2.75, 3.05) is 13.2 Å². The lowest BCUT2D eigenvalue weighted by atomic mass is 10.00. The summed E-state index contributed by atoms with van der Waals surface area (Å²) in [5.74, 6) is 0. The highest BCUT2D eigenvalue weighted by Crippen LogP contribution is 2.31. The zero-order valence-corrected chi connectivity index (χ0v) is 5.69. The van der Waals surface area contributed by atoms with Gasteiger partial charge < -0.3 is 5.32 Å². The second-order valence-corrected chi connectivity index (χ2v) is 3.17. The molecule has 0 atom stereocenters. The van der Waals surface area contributed by atoms with Crippen molar-refractivity contribution in [2.24, 2.45) is 0 Å². The van der Waals surface area contributed by atoms with E-state index in [-0.39, 0.29) is 0 Å². The van der Waals surface area contributed by atoms with Gasteiger partial charge in [-0.05, 0) is 12.8 Å². The van der Waals surface area contributed by atoms with Crippen LogP contribution in [0.25, 0.3) is 0 Å². The summed E-state index contributed by atoms with van der Waals surface area (Å²) < 4.78 is 0. The predicted molar refractivity (Wildman–Crippen MR) is 36.2 cm³/mol. The SMILES string of the molecule is C1CCC2(C1)CNC[N]2. The van der Waals surface area contributed by atoms with E-state index < -0.39 is 0 Å². The summed E-state index contributed by atoms with van der Waals surface area (Å²) in [6, 6.07) is 0. The third-order valence-electron chi connectivity index (χ3n) is 2.51. The Morgan fingerprint density at radius 3 is 2.56 bits per heavy atom. The average molecular weight is 125 g/mol. The lowest BCUT2D eigenvalue weighted by Crippen LogP contribution is -2.34. The molecule has 2 fully saturated rings. The van der Waals surface area contributed by atoms with E-state index >= 15 is 0 Å². The first-order valence-electron chi connectivity index (χ1n) is 3.81. The zero-order chi connectivity index (χ0) is 6.16. The molecule has 1 saturated heterocycles. The summed E-state index contributed by atoms with van der Waals surface area (Å²) in [6.45, 7) is 2.05. The van der Waals surface area contributed by atoms with Crippen LogP contribution in [0.3, 0.4) is 0 Å². The highest BCUT2D eigenvalue weighted by atomic mass is 15.2. The van der Waals surface area contributed by atoms with Gasteiger partial charge in [-0.3, -0.25) is 0 Å². The maximum atomic E-state index is 4.56. The highest BCUT2D eigenvalue weighted by Gasteiger charge is 2.37. The van der Waals surface area contributed by atoms with Gasteiger partial charge in [0.1, 0.15) is 0 Å². The molecule has 1 aliphatic carbocycles. The zero-order valence-electron chi connectivity index (χ0n) is 5.69. The fourth-order valence-corrected chi connectivity index (χ4v) is 1.94. The molecule has 0 unspecified atom stereocenters. The lowest BCUT2D eigenvalue weighted by molar-refractivity contribution is 0.404. The van der Waals surface area contributed by atoms with Crippen LogP contribution in [-0.2, 0) is 0 Å². The monoisotopic (exact) mass is 125 g/mol. The molecule has 1 N–H and O–H groups in total. The van der Waals surface area contributed by atoms with Crippen molar-refractivity contribution in [3.63, 3.8) is 0 Å². The number of nitrogens with zero attached hydrogens (tertiary/aromatic N) is 1. The standard InChI is InChI=1S/C7H13N2/c1-2-4-7(3-1)5-8-6-9-7/h8H,1-6H2. The summed E-state index contributed by atoms with van der Waals surface area (Å²) in [4.78, 5) is 0. The maximum absolute atomic E-state index is 4.56. The van der Waals surface area contributed by atoms with Crippen molar-refractivity contribution in [3.8, 4) is 0 Å². The molecule has 1 spiro atoms. The van der Waals surface area contributed by atoms with Crippen LogP contribution in [-0.4, -0.2) is 18.8 Å². The van der Waals surface area contributed by atoms with Crippen molar-refractivity contribution in [2.45, 2.75) is 31.2 Å². The summed E-state index contributed by atoms with van der Waals surface area (Å²) in [6.07, 6.45) is 5.45. The van der Waals surface area contributed by atoms with Crippen molar-refractivity contribution in [1.82, 2.24) is 10.6 Å². The van der Waals surface area contributed by atoms with Crippen LogP contribution in [0.2, 0.25) is 0 Å². The Kier molecular flexibility index (Phi) is 1.24. The fourth-order valence-electron chi connectivity index (χ4n) is 1.94. The molecule has 0 amide bonds. The van der Waals surface area contributed by atoms with E-state index in [2.05, 4.69) is 10.6 Å². The van der Waals surface area contributed by atoms with Crippen LogP contribution in [0.5, 0.6) is 0 Å². The van der Waals surface area contributed by atoms with Gasteiger partial charge in [0, 0.05) is 12.1 Å². The van der Waals surface area contributed by atoms with E-state index in [4.69, 9.17) is 0 Å². The molecular weight excluding hydrogens is 112 g/mol. The van der Waals surface area contributed by atoms with E-state index in [9.17, 15) is 0 Å². The number of hydrogen-bond acceptors (Lipinski definition) is 1. The number of rotatable bonds is 0. The van der Waals surface area contributed by atoms with Crippen LogP contribution in [0, 0.1) is 0 Å². The van der Waals surface area contributed by atoms with E-state index in [0.717, 1.165) is 13.2 Å². The normalized spacial score (nSPS) is 32.0. The average Bonchev–Trinajstić information content (AvgIpc) is 2.45. The molecule has 2 heteroatoms. The van der Waals surface area contributed by atoms with Crippen LogP contribution >= 0.6 is 0 Å². The molecule has 0 aromatic heterocycles. The van der Waals surface area contributed by atoms with Crippen LogP contribution < -0.4 is 10.6 Å². The minimum absolute atomic E-state index is 0.403. The minimum Gasteiger partial charge on any atom is -0.301 e. The first-order chi connectivity index (χ1) is 4.41. The smallest absolute Gasteiger partial charge is 0.0631 e. The Bertz CT molecular complexity index is 82.0. The Hall–Kier alpha value is -0.0800. The number of nitrogens with one attached hydrogen (secondary N) is 1. The molecular formula is C7H13N2. The Morgan fingerprint density at radius 2 is 2.00 bits per heavy atom. The first-order valence-corrected chi connectivity index (χ1v) is 3.81. The first kappa shape index (κ1) is 5.69. The van der Waals surface area contributed by atoms with E-state index in [1.807, 2.05) is 0 Å². The Morgan fingerprint density at radius 1 is 1.22 bits per heavy atom. The van der Waals surface area contributed by atoms with E-state index in [1.165, 1.54) is 25.7 Å². The van der Waals surface area contributed by atoms with Crippen LogP contribution in [0.4, 0.5) is 0 Å². The van der Waals surface area contributed by atoms with Crippen molar-refractivity contribution >= 4 is 0 Å². The van der Waals surface area contributed by atoms with E-state index in [1.54, 1.807) is 0 Å². The molecule has 0 aromatic rings. The maximum Gasteiger partial charge on any atom is 0.0631 e. The van der Waals surface area contributed by atoms with Gasteiger partial charge in [0.05, 0.1) is 6.67 Å². The predicted octanol–water partition coefficient (Wildman–Crippen LogP) is 0.464.